The van der Waals surface area contributed by atoms with Crippen LogP contribution in [0.15, 0.2) is 41.1 Å². The van der Waals surface area contributed by atoms with Crippen molar-refractivity contribution in [2.75, 3.05) is 6.61 Å². The minimum absolute atomic E-state index is 0.257. The molecule has 0 radical (unpaired) electrons. The van der Waals surface area contributed by atoms with Gasteiger partial charge in [-0.15, -0.1) is 0 Å². The molecule has 6 nitrogen and oxygen atoms in total. The van der Waals surface area contributed by atoms with Crippen LogP contribution in [0.5, 0.6) is 0 Å². The van der Waals surface area contributed by atoms with E-state index in [2.05, 4.69) is 10.4 Å². The molecule has 0 saturated heterocycles. The van der Waals surface area contributed by atoms with Crippen molar-refractivity contribution in [1.29, 1.82) is 0 Å². The summed E-state index contributed by atoms with van der Waals surface area (Å²) < 4.78 is 10.4. The Hall–Kier alpha value is -1.96. The van der Waals surface area contributed by atoms with Gasteiger partial charge in [-0.2, -0.15) is 0 Å². The summed E-state index contributed by atoms with van der Waals surface area (Å²) in [5.41, 5.74) is 1.82. The lowest BCUT2D eigenvalue weighted by Crippen LogP contribution is -2.37. The summed E-state index contributed by atoms with van der Waals surface area (Å²) in [6.45, 7) is 2.28. The quantitative estimate of drug-likeness (QED) is 0.565. The van der Waals surface area contributed by atoms with E-state index < -0.39 is 13.1 Å². The lowest BCUT2D eigenvalue weighted by molar-refractivity contribution is 0.100. The molecule has 0 bridgehead atoms. The number of carbonyl (C=O) groups excluding carboxylic acids is 1. The molecule has 0 aliphatic carbocycles. The van der Waals surface area contributed by atoms with Crippen LogP contribution in [0.1, 0.15) is 27.7 Å². The summed E-state index contributed by atoms with van der Waals surface area (Å²) in [6, 6.07) is 9.31. The second-order valence-electron chi connectivity index (χ2n) is 4.67. The molecular weight excluding hydrogens is 271 g/mol. The Balaban J connectivity index is 1.98. The second kappa shape index (κ2) is 7.73. The SMILES string of the molecule is CB(O)NC(COCc1ccccc1)c1nocc1C=O. The van der Waals surface area contributed by atoms with Crippen LogP contribution < -0.4 is 5.23 Å². The Morgan fingerprint density at radius 1 is 1.48 bits per heavy atom. The van der Waals surface area contributed by atoms with Crippen LogP contribution in [-0.4, -0.2) is 30.1 Å². The molecule has 1 aromatic carbocycles. The minimum atomic E-state index is -0.758. The number of hydrogen-bond donors (Lipinski definition) is 2. The molecule has 2 aromatic rings. The number of carbonyl (C=O) groups is 1. The number of rotatable bonds is 8. The van der Waals surface area contributed by atoms with E-state index in [1.54, 1.807) is 6.82 Å². The smallest absolute Gasteiger partial charge is 0.374 e. The van der Waals surface area contributed by atoms with E-state index in [4.69, 9.17) is 9.26 Å². The highest BCUT2D eigenvalue weighted by atomic mass is 16.5. The first-order chi connectivity index (χ1) is 10.2. The third-order valence-electron chi connectivity index (χ3n) is 2.92. The molecule has 2 rings (SSSR count). The van der Waals surface area contributed by atoms with Crippen molar-refractivity contribution < 1.29 is 19.1 Å². The predicted molar refractivity (Wildman–Crippen MR) is 77.7 cm³/mol. The highest BCUT2D eigenvalue weighted by Crippen LogP contribution is 2.16. The van der Waals surface area contributed by atoms with Gasteiger partial charge in [0, 0.05) is 0 Å². The van der Waals surface area contributed by atoms with Gasteiger partial charge in [-0.25, -0.2) is 0 Å². The molecule has 0 spiro atoms. The maximum absolute atomic E-state index is 10.9. The summed E-state index contributed by atoms with van der Waals surface area (Å²) in [4.78, 5) is 10.9. The van der Waals surface area contributed by atoms with E-state index in [1.807, 2.05) is 30.3 Å². The van der Waals surface area contributed by atoms with Crippen LogP contribution in [0, 0.1) is 0 Å². The van der Waals surface area contributed by atoms with Gasteiger partial charge >= 0.3 is 7.05 Å². The van der Waals surface area contributed by atoms with Gasteiger partial charge in [0.15, 0.2) is 6.29 Å². The van der Waals surface area contributed by atoms with Gasteiger partial charge in [0.1, 0.15) is 12.0 Å². The zero-order valence-corrected chi connectivity index (χ0v) is 11.7. The van der Waals surface area contributed by atoms with Gasteiger partial charge in [0.05, 0.1) is 24.8 Å². The molecule has 0 fully saturated rings. The van der Waals surface area contributed by atoms with Gasteiger partial charge in [0.25, 0.3) is 0 Å². The largest absolute Gasteiger partial charge is 0.437 e. The fraction of sp³-hybridized carbons (Fsp3) is 0.286. The molecule has 1 aromatic heterocycles. The Morgan fingerprint density at radius 3 is 2.90 bits per heavy atom. The van der Waals surface area contributed by atoms with E-state index in [-0.39, 0.29) is 6.61 Å². The van der Waals surface area contributed by atoms with E-state index in [9.17, 15) is 9.82 Å². The molecule has 0 aliphatic heterocycles. The van der Waals surface area contributed by atoms with Crippen molar-refractivity contribution in [2.24, 2.45) is 0 Å². The molecule has 1 heterocycles. The van der Waals surface area contributed by atoms with Gasteiger partial charge in [-0.3, -0.25) is 4.79 Å². The summed E-state index contributed by atoms with van der Waals surface area (Å²) in [5, 5.41) is 16.2. The first-order valence-electron chi connectivity index (χ1n) is 6.66. The average molecular weight is 288 g/mol. The highest BCUT2D eigenvalue weighted by Gasteiger charge is 2.22. The molecule has 1 atom stereocenters. The summed E-state index contributed by atoms with van der Waals surface area (Å²) in [6.07, 6.45) is 1.94. The Bertz CT molecular complexity index is 559. The van der Waals surface area contributed by atoms with E-state index in [1.165, 1.54) is 6.26 Å². The lowest BCUT2D eigenvalue weighted by Gasteiger charge is -2.17. The number of hydrogen-bond acceptors (Lipinski definition) is 6. The second-order valence-corrected chi connectivity index (χ2v) is 4.67. The molecule has 0 saturated carbocycles. The van der Waals surface area contributed by atoms with Crippen molar-refractivity contribution in [2.45, 2.75) is 19.5 Å². The van der Waals surface area contributed by atoms with Crippen LogP contribution in [0.3, 0.4) is 0 Å². The van der Waals surface area contributed by atoms with Gasteiger partial charge in [-0.1, -0.05) is 35.5 Å². The minimum Gasteiger partial charge on any atom is -0.437 e. The molecule has 2 N–H and O–H groups in total. The average Bonchev–Trinajstić information content (AvgIpc) is 2.95. The van der Waals surface area contributed by atoms with E-state index in [0.29, 0.717) is 24.2 Å². The standard InChI is InChI=1S/C14H17BN2O4/c1-15(19)16-13(14-12(7-18)9-21-17-14)10-20-8-11-5-3-2-4-6-11/h2-7,9,13,16,19H,8,10H2,1H3. The van der Waals surface area contributed by atoms with Crippen LogP contribution in [0.2, 0.25) is 6.82 Å². The number of nitrogens with zero attached hydrogens (tertiary/aromatic N) is 1. The molecular formula is C14H17BN2O4. The van der Waals surface area contributed by atoms with Crippen LogP contribution >= 0.6 is 0 Å². The van der Waals surface area contributed by atoms with E-state index in [0.717, 1.165) is 5.56 Å². The maximum atomic E-state index is 10.9. The van der Waals surface area contributed by atoms with Crippen LogP contribution in [0.25, 0.3) is 0 Å². The van der Waals surface area contributed by atoms with Crippen molar-refractivity contribution in [3.8, 4) is 0 Å². The molecule has 0 amide bonds. The van der Waals surface area contributed by atoms with Gasteiger partial charge in [-0.05, 0) is 12.4 Å². The Kier molecular flexibility index (Phi) is 5.68. The van der Waals surface area contributed by atoms with Crippen LogP contribution in [-0.2, 0) is 11.3 Å². The fourth-order valence-corrected chi connectivity index (χ4v) is 1.97. The number of aromatic nitrogens is 1. The Morgan fingerprint density at radius 2 is 2.24 bits per heavy atom. The molecule has 21 heavy (non-hydrogen) atoms. The lowest BCUT2D eigenvalue weighted by atomic mass is 9.86. The van der Waals surface area contributed by atoms with Crippen molar-refractivity contribution in [3.63, 3.8) is 0 Å². The predicted octanol–water partition coefficient (Wildman–Crippen LogP) is 1.44. The fourth-order valence-electron chi connectivity index (χ4n) is 1.97. The van der Waals surface area contributed by atoms with Crippen molar-refractivity contribution >= 4 is 13.3 Å². The molecule has 1 unspecified atom stereocenters. The number of ether oxygens (including phenoxy) is 1. The first kappa shape index (κ1) is 15.4. The highest BCUT2D eigenvalue weighted by molar-refractivity contribution is 6.45. The normalized spacial score (nSPS) is 12.1. The van der Waals surface area contributed by atoms with Gasteiger partial charge in [0.2, 0.25) is 0 Å². The molecule has 7 heteroatoms. The third kappa shape index (κ3) is 4.52. The Labute approximate surface area is 123 Å². The van der Waals surface area contributed by atoms with Crippen molar-refractivity contribution in [1.82, 2.24) is 10.4 Å². The van der Waals surface area contributed by atoms with E-state index >= 15 is 0 Å². The summed E-state index contributed by atoms with van der Waals surface area (Å²) in [5.74, 6) is 0. The number of benzene rings is 1. The topological polar surface area (TPSA) is 84.6 Å². The first-order valence-corrected chi connectivity index (χ1v) is 6.66. The summed E-state index contributed by atoms with van der Waals surface area (Å²) in [7, 11) is -0.758. The van der Waals surface area contributed by atoms with Crippen molar-refractivity contribution in [3.05, 3.63) is 53.4 Å². The molecule has 0 aliphatic rings. The third-order valence-corrected chi connectivity index (χ3v) is 2.92. The summed E-state index contributed by atoms with van der Waals surface area (Å²) >= 11 is 0. The van der Waals surface area contributed by atoms with Crippen LogP contribution in [0.4, 0.5) is 0 Å². The molecule has 110 valence electrons. The maximum Gasteiger partial charge on any atom is 0.374 e. The zero-order chi connectivity index (χ0) is 15.1. The number of nitrogens with one attached hydrogen (secondary N) is 1. The monoisotopic (exact) mass is 288 g/mol. The van der Waals surface area contributed by atoms with Gasteiger partial charge < -0.3 is 19.5 Å². The number of aldehydes is 1. The zero-order valence-electron chi connectivity index (χ0n) is 11.7.